The summed E-state index contributed by atoms with van der Waals surface area (Å²) >= 11 is 0. The normalized spacial score (nSPS) is 23.0. The van der Waals surface area contributed by atoms with Crippen molar-refractivity contribution in [3.8, 4) is 0 Å². The topological polar surface area (TPSA) is 88.6 Å². The molecule has 0 unspecified atom stereocenters. The van der Waals surface area contributed by atoms with Gasteiger partial charge in [0.2, 0.25) is 5.43 Å². The van der Waals surface area contributed by atoms with Crippen molar-refractivity contribution < 1.29 is 14.3 Å². The van der Waals surface area contributed by atoms with E-state index in [4.69, 9.17) is 5.73 Å². The van der Waals surface area contributed by atoms with Crippen LogP contribution in [0, 0.1) is 11.7 Å². The van der Waals surface area contributed by atoms with Gasteiger partial charge in [-0.2, -0.15) is 0 Å². The summed E-state index contributed by atoms with van der Waals surface area (Å²) in [5.74, 6) is -1.43. The van der Waals surface area contributed by atoms with Crippen LogP contribution in [-0.2, 0) is 6.42 Å². The van der Waals surface area contributed by atoms with Crippen LogP contribution < -0.4 is 16.1 Å². The Morgan fingerprint density at radius 1 is 1.46 bits per heavy atom. The molecule has 0 radical (unpaired) electrons. The molecule has 7 heteroatoms. The van der Waals surface area contributed by atoms with Gasteiger partial charge in [0.15, 0.2) is 0 Å². The van der Waals surface area contributed by atoms with Crippen molar-refractivity contribution in [2.75, 3.05) is 18.0 Å². The number of hydrogen-bond acceptors (Lipinski definition) is 4. The average molecular weight is 359 g/mol. The molecule has 138 valence electrons. The second-order valence-electron chi connectivity index (χ2n) is 7.57. The lowest BCUT2D eigenvalue weighted by Crippen LogP contribution is -2.30. The Hall–Kier alpha value is -2.41. The third-order valence-corrected chi connectivity index (χ3v) is 5.83. The van der Waals surface area contributed by atoms with Crippen molar-refractivity contribution in [3.63, 3.8) is 0 Å². The van der Waals surface area contributed by atoms with Crippen LogP contribution in [0.2, 0.25) is 0 Å². The molecule has 6 nitrogen and oxygen atoms in total. The Morgan fingerprint density at radius 2 is 2.19 bits per heavy atom. The monoisotopic (exact) mass is 359 g/mol. The van der Waals surface area contributed by atoms with Gasteiger partial charge in [0, 0.05) is 42.3 Å². The van der Waals surface area contributed by atoms with Crippen molar-refractivity contribution in [2.24, 2.45) is 11.7 Å². The van der Waals surface area contributed by atoms with Crippen LogP contribution in [0.1, 0.15) is 42.2 Å². The van der Waals surface area contributed by atoms with E-state index in [9.17, 15) is 14.7 Å². The number of anilines is 1. The summed E-state index contributed by atoms with van der Waals surface area (Å²) in [4.78, 5) is 26.0. The van der Waals surface area contributed by atoms with E-state index < -0.39 is 17.2 Å². The number of carboxylic acid groups (broad SMARTS) is 1. The molecule has 1 aromatic heterocycles. The van der Waals surface area contributed by atoms with Gasteiger partial charge in [0.05, 0.1) is 11.2 Å². The number of benzene rings is 1. The van der Waals surface area contributed by atoms with Gasteiger partial charge < -0.3 is 20.3 Å². The number of rotatable bonds is 3. The lowest BCUT2D eigenvalue weighted by molar-refractivity contribution is 0.0694. The minimum Gasteiger partial charge on any atom is -0.477 e. The van der Waals surface area contributed by atoms with E-state index in [-0.39, 0.29) is 23.0 Å². The third-order valence-electron chi connectivity index (χ3n) is 5.83. The highest BCUT2D eigenvalue weighted by Crippen LogP contribution is 2.41. The second kappa shape index (κ2) is 5.81. The molecule has 26 heavy (non-hydrogen) atoms. The third kappa shape index (κ3) is 2.34. The quantitative estimate of drug-likeness (QED) is 0.876. The number of pyridine rings is 1. The molecule has 0 saturated carbocycles. The van der Waals surface area contributed by atoms with Gasteiger partial charge in [0.25, 0.3) is 0 Å². The lowest BCUT2D eigenvalue weighted by Gasteiger charge is -2.23. The number of halogens is 1. The molecule has 1 aromatic carbocycles. The van der Waals surface area contributed by atoms with Crippen molar-refractivity contribution in [1.29, 1.82) is 0 Å². The van der Waals surface area contributed by atoms with E-state index in [1.165, 1.54) is 12.3 Å². The van der Waals surface area contributed by atoms with Crippen molar-refractivity contribution in [3.05, 3.63) is 39.4 Å². The summed E-state index contributed by atoms with van der Waals surface area (Å²) < 4.78 is 16.8. The highest BCUT2D eigenvalue weighted by atomic mass is 19.1. The number of nitrogens with zero attached hydrogens (tertiary/aromatic N) is 2. The zero-order valence-electron chi connectivity index (χ0n) is 14.8. The maximum absolute atomic E-state index is 15.0. The summed E-state index contributed by atoms with van der Waals surface area (Å²) in [6.07, 6.45) is 2.88. The van der Waals surface area contributed by atoms with Gasteiger partial charge in [-0.1, -0.05) is 0 Å². The smallest absolute Gasteiger partial charge is 0.341 e. The molecule has 0 bridgehead atoms. The molecule has 3 heterocycles. The Bertz CT molecular complexity index is 982. The predicted octanol–water partition coefficient (Wildman–Crippen LogP) is 2.13. The number of carbonyl (C=O) groups is 1. The highest BCUT2D eigenvalue weighted by molar-refractivity contribution is 5.96. The van der Waals surface area contributed by atoms with E-state index >= 15 is 4.39 Å². The first-order valence-electron chi connectivity index (χ1n) is 8.93. The molecule has 1 fully saturated rings. The van der Waals surface area contributed by atoms with Gasteiger partial charge in [-0.15, -0.1) is 0 Å². The molecule has 1 saturated heterocycles. The lowest BCUT2D eigenvalue weighted by atomic mass is 10.0. The molecule has 3 N–H and O–H groups in total. The molecule has 3 atom stereocenters. The standard InChI is InChI=1S/C19H22FN3O3/c1-9-5-12-16-13(18(24)14(19(25)26)8-23(9)16)6-15(20)17(12)22-4-3-11(7-22)10(2)21/h6,8-11H,3-5,7,21H2,1-2H3,(H,25,26)/t9-,10-,11+/m0/s1. The summed E-state index contributed by atoms with van der Waals surface area (Å²) in [5, 5.41) is 9.45. The molecular formula is C19H22FN3O3. The van der Waals surface area contributed by atoms with Crippen molar-refractivity contribution in [1.82, 2.24) is 4.57 Å². The van der Waals surface area contributed by atoms with Crippen LogP contribution in [-0.4, -0.2) is 34.8 Å². The highest BCUT2D eigenvalue weighted by Gasteiger charge is 2.33. The second-order valence-corrected chi connectivity index (χ2v) is 7.57. The Kier molecular flexibility index (Phi) is 3.80. The van der Waals surface area contributed by atoms with E-state index in [0.29, 0.717) is 30.1 Å². The van der Waals surface area contributed by atoms with E-state index in [1.807, 2.05) is 18.7 Å². The number of carboxylic acids is 1. The van der Waals surface area contributed by atoms with Crippen molar-refractivity contribution >= 4 is 22.6 Å². The first-order valence-corrected chi connectivity index (χ1v) is 8.93. The zero-order valence-corrected chi connectivity index (χ0v) is 14.8. The predicted molar refractivity (Wildman–Crippen MR) is 97.5 cm³/mol. The van der Waals surface area contributed by atoms with Gasteiger partial charge in [-0.3, -0.25) is 4.79 Å². The van der Waals surface area contributed by atoms with E-state index in [2.05, 4.69) is 0 Å². The van der Waals surface area contributed by atoms with Gasteiger partial charge in [-0.05, 0) is 38.7 Å². The molecular weight excluding hydrogens is 337 g/mol. The van der Waals surface area contributed by atoms with Gasteiger partial charge in [0.1, 0.15) is 11.4 Å². The minimum atomic E-state index is -1.29. The molecule has 2 aliphatic rings. The van der Waals surface area contributed by atoms with Crippen molar-refractivity contribution in [2.45, 2.75) is 38.8 Å². The summed E-state index contributed by atoms with van der Waals surface area (Å²) in [6, 6.07) is 1.22. The fourth-order valence-corrected chi connectivity index (χ4v) is 4.41. The van der Waals surface area contributed by atoms with Crippen LogP contribution in [0.5, 0.6) is 0 Å². The first-order chi connectivity index (χ1) is 12.3. The maximum Gasteiger partial charge on any atom is 0.341 e. The average Bonchev–Trinajstić information content (AvgIpc) is 3.16. The van der Waals surface area contributed by atoms with Gasteiger partial charge >= 0.3 is 5.97 Å². The zero-order chi connectivity index (χ0) is 18.7. The van der Waals surface area contributed by atoms with Crippen LogP contribution in [0.4, 0.5) is 10.1 Å². The Labute approximate surface area is 150 Å². The Morgan fingerprint density at radius 3 is 2.81 bits per heavy atom. The van der Waals surface area contributed by atoms with Crippen LogP contribution in [0.25, 0.3) is 10.9 Å². The Balaban J connectivity index is 1.94. The number of aromatic carboxylic acids is 1. The first kappa shape index (κ1) is 17.0. The fraction of sp³-hybridized carbons (Fsp3) is 0.474. The number of nitrogens with two attached hydrogens (primary N) is 1. The molecule has 2 aromatic rings. The molecule has 0 spiro atoms. The minimum absolute atomic E-state index is 0.0291. The van der Waals surface area contributed by atoms with Crippen LogP contribution in [0.3, 0.4) is 0 Å². The molecule has 0 amide bonds. The fourth-order valence-electron chi connectivity index (χ4n) is 4.41. The van der Waals surface area contributed by atoms with E-state index in [1.54, 1.807) is 4.57 Å². The summed E-state index contributed by atoms with van der Waals surface area (Å²) in [5.41, 5.74) is 7.07. The number of hydrogen-bond donors (Lipinski definition) is 2. The number of aromatic nitrogens is 1. The largest absolute Gasteiger partial charge is 0.477 e. The SMILES string of the molecule is C[C@H](N)[C@@H]1CCN(c2c(F)cc3c(=O)c(C(=O)O)cn4c3c2C[C@@H]4C)C1. The van der Waals surface area contributed by atoms with Gasteiger partial charge in [-0.25, -0.2) is 9.18 Å². The van der Waals surface area contributed by atoms with E-state index in [0.717, 1.165) is 18.5 Å². The summed E-state index contributed by atoms with van der Waals surface area (Å²) in [6.45, 7) is 5.34. The molecule has 2 aliphatic heterocycles. The van der Waals surface area contributed by atoms with Crippen LogP contribution in [0.15, 0.2) is 17.1 Å². The molecule has 0 aliphatic carbocycles. The summed E-state index contributed by atoms with van der Waals surface area (Å²) in [7, 11) is 0. The maximum atomic E-state index is 15.0. The van der Waals surface area contributed by atoms with Crippen LogP contribution >= 0.6 is 0 Å². The molecule has 4 rings (SSSR count).